The van der Waals surface area contributed by atoms with E-state index >= 15 is 0 Å². The fourth-order valence-corrected chi connectivity index (χ4v) is 1.25. The Labute approximate surface area is 91.5 Å². The van der Waals surface area contributed by atoms with Gasteiger partial charge >= 0.3 is 0 Å². The summed E-state index contributed by atoms with van der Waals surface area (Å²) in [6.45, 7) is 0. The van der Waals surface area contributed by atoms with Crippen molar-refractivity contribution in [3.8, 4) is 11.8 Å². The Bertz CT molecular complexity index is 376. The predicted molar refractivity (Wildman–Crippen MR) is 63.0 cm³/mol. The molecule has 2 N–H and O–H groups in total. The third-order valence-corrected chi connectivity index (χ3v) is 1.98. The topological polar surface area (TPSA) is 26.0 Å². The largest absolute Gasteiger partial charge is 0.389 e. The van der Waals surface area contributed by atoms with Gasteiger partial charge in [-0.2, -0.15) is 0 Å². The Morgan fingerprint density at radius 1 is 1.46 bits per heavy atom. The maximum atomic E-state index is 5.54. The average Bonchev–Trinajstić information content (AvgIpc) is 2.15. The van der Waals surface area contributed by atoms with Crippen LogP contribution >= 0.6 is 28.1 Å². The van der Waals surface area contributed by atoms with Crippen molar-refractivity contribution in [3.05, 3.63) is 35.4 Å². The van der Waals surface area contributed by atoms with Crippen molar-refractivity contribution in [2.24, 2.45) is 5.73 Å². The van der Waals surface area contributed by atoms with Crippen LogP contribution in [-0.2, 0) is 0 Å². The SMILES string of the molecule is NC(=S)c1ccccc1C#CCBr. The van der Waals surface area contributed by atoms with Gasteiger partial charge in [0.05, 0.1) is 5.33 Å². The minimum Gasteiger partial charge on any atom is -0.389 e. The van der Waals surface area contributed by atoms with E-state index in [1.807, 2.05) is 24.3 Å². The summed E-state index contributed by atoms with van der Waals surface area (Å²) < 4.78 is 0. The van der Waals surface area contributed by atoms with Crippen molar-refractivity contribution < 1.29 is 0 Å². The normalized spacial score (nSPS) is 8.69. The fraction of sp³-hybridized carbons (Fsp3) is 0.100. The maximum absolute atomic E-state index is 5.54. The first-order valence-corrected chi connectivity index (χ1v) is 5.22. The molecular formula is C10H8BrNS. The van der Waals surface area contributed by atoms with Crippen molar-refractivity contribution >= 4 is 33.1 Å². The Morgan fingerprint density at radius 2 is 2.15 bits per heavy atom. The number of halogens is 1. The Balaban J connectivity index is 3.12. The summed E-state index contributed by atoms with van der Waals surface area (Å²) in [4.78, 5) is 0.388. The highest BCUT2D eigenvalue weighted by Gasteiger charge is 1.99. The van der Waals surface area contributed by atoms with Crippen LogP contribution in [0.1, 0.15) is 11.1 Å². The fourth-order valence-electron chi connectivity index (χ4n) is 0.936. The molecule has 0 aliphatic carbocycles. The molecule has 0 aliphatic rings. The van der Waals surface area contributed by atoms with Crippen molar-refractivity contribution in [3.63, 3.8) is 0 Å². The molecule has 1 nitrogen and oxygen atoms in total. The number of rotatable bonds is 1. The first-order chi connectivity index (χ1) is 6.25. The molecule has 1 rings (SSSR count). The van der Waals surface area contributed by atoms with E-state index in [9.17, 15) is 0 Å². The first kappa shape index (κ1) is 10.2. The van der Waals surface area contributed by atoms with Gasteiger partial charge in [-0.05, 0) is 6.07 Å². The summed E-state index contributed by atoms with van der Waals surface area (Å²) in [5.74, 6) is 5.89. The van der Waals surface area contributed by atoms with Gasteiger partial charge in [0.1, 0.15) is 4.99 Å². The van der Waals surface area contributed by atoms with E-state index in [1.54, 1.807) is 0 Å². The second kappa shape index (κ2) is 5.00. The van der Waals surface area contributed by atoms with Crippen LogP contribution in [0.15, 0.2) is 24.3 Å². The molecule has 0 heterocycles. The molecule has 0 aliphatic heterocycles. The molecule has 0 atom stereocenters. The summed E-state index contributed by atoms with van der Waals surface area (Å²) in [7, 11) is 0. The average molecular weight is 254 g/mol. The van der Waals surface area contributed by atoms with Gasteiger partial charge in [-0.25, -0.2) is 0 Å². The molecule has 0 fully saturated rings. The summed E-state index contributed by atoms with van der Waals surface area (Å²) in [6, 6.07) is 7.60. The summed E-state index contributed by atoms with van der Waals surface area (Å²) in [5.41, 5.74) is 7.26. The van der Waals surface area contributed by atoms with Crippen molar-refractivity contribution in [2.75, 3.05) is 5.33 Å². The molecule has 1 aromatic rings. The minimum absolute atomic E-state index is 0.388. The zero-order valence-corrected chi connectivity index (χ0v) is 9.28. The van der Waals surface area contributed by atoms with Crippen molar-refractivity contribution in [1.82, 2.24) is 0 Å². The zero-order valence-electron chi connectivity index (χ0n) is 6.88. The lowest BCUT2D eigenvalue weighted by molar-refractivity contribution is 1.57. The second-order valence-corrected chi connectivity index (χ2v) is 3.35. The molecule has 0 saturated carbocycles. The second-order valence-electron chi connectivity index (χ2n) is 2.35. The molecule has 0 bridgehead atoms. The van der Waals surface area contributed by atoms with Crippen LogP contribution in [0.5, 0.6) is 0 Å². The van der Waals surface area contributed by atoms with Crippen LogP contribution in [0.2, 0.25) is 0 Å². The molecule has 3 heteroatoms. The number of benzene rings is 1. The molecule has 0 radical (unpaired) electrons. The van der Waals surface area contributed by atoms with E-state index in [4.69, 9.17) is 18.0 Å². The summed E-state index contributed by atoms with van der Waals surface area (Å²) in [5, 5.41) is 0.651. The number of nitrogens with two attached hydrogens (primary N) is 1. The van der Waals surface area contributed by atoms with E-state index in [0.717, 1.165) is 11.1 Å². The van der Waals surface area contributed by atoms with Crippen LogP contribution in [0.25, 0.3) is 0 Å². The van der Waals surface area contributed by atoms with Gasteiger partial charge in [0.2, 0.25) is 0 Å². The molecule has 0 aromatic heterocycles. The third kappa shape index (κ3) is 2.83. The van der Waals surface area contributed by atoms with E-state index < -0.39 is 0 Å². The van der Waals surface area contributed by atoms with E-state index in [2.05, 4.69) is 27.8 Å². The molecule has 0 unspecified atom stereocenters. The Hall–Kier alpha value is -0.850. The van der Waals surface area contributed by atoms with Gasteiger partial charge in [0, 0.05) is 11.1 Å². The highest BCUT2D eigenvalue weighted by molar-refractivity contribution is 9.09. The molecular weight excluding hydrogens is 246 g/mol. The quantitative estimate of drug-likeness (QED) is 0.471. The highest BCUT2D eigenvalue weighted by Crippen LogP contribution is 2.06. The van der Waals surface area contributed by atoms with E-state index in [0.29, 0.717) is 10.3 Å². The molecule has 0 amide bonds. The smallest absolute Gasteiger partial charge is 0.105 e. The number of hydrogen-bond donors (Lipinski definition) is 1. The van der Waals surface area contributed by atoms with Crippen LogP contribution in [0, 0.1) is 11.8 Å². The van der Waals surface area contributed by atoms with Gasteiger partial charge in [0.15, 0.2) is 0 Å². The molecule has 1 aromatic carbocycles. The number of thiocarbonyl (C=S) groups is 1. The monoisotopic (exact) mass is 253 g/mol. The zero-order chi connectivity index (χ0) is 9.68. The molecule has 13 heavy (non-hydrogen) atoms. The maximum Gasteiger partial charge on any atom is 0.105 e. The molecule has 0 saturated heterocycles. The number of alkyl halides is 1. The highest BCUT2D eigenvalue weighted by atomic mass is 79.9. The van der Waals surface area contributed by atoms with E-state index in [-0.39, 0.29) is 0 Å². The van der Waals surface area contributed by atoms with Crippen LogP contribution in [-0.4, -0.2) is 10.3 Å². The van der Waals surface area contributed by atoms with Gasteiger partial charge in [-0.1, -0.05) is 58.2 Å². The Morgan fingerprint density at radius 3 is 2.77 bits per heavy atom. The summed E-state index contributed by atoms with van der Waals surface area (Å²) in [6.07, 6.45) is 0. The van der Waals surface area contributed by atoms with Gasteiger partial charge in [-0.15, -0.1) is 0 Å². The standard InChI is InChI=1S/C10H8BrNS/c11-7-3-5-8-4-1-2-6-9(8)10(12)13/h1-2,4,6H,7H2,(H2,12,13). The molecule has 0 spiro atoms. The number of hydrogen-bond acceptors (Lipinski definition) is 1. The summed E-state index contributed by atoms with van der Waals surface area (Å²) >= 11 is 8.13. The first-order valence-electron chi connectivity index (χ1n) is 3.69. The third-order valence-electron chi connectivity index (χ3n) is 1.48. The van der Waals surface area contributed by atoms with Gasteiger partial charge in [-0.3, -0.25) is 0 Å². The molecule has 66 valence electrons. The van der Waals surface area contributed by atoms with Crippen LogP contribution < -0.4 is 5.73 Å². The van der Waals surface area contributed by atoms with Crippen LogP contribution in [0.4, 0.5) is 0 Å². The van der Waals surface area contributed by atoms with Crippen LogP contribution in [0.3, 0.4) is 0 Å². The Kier molecular flexibility index (Phi) is 3.94. The van der Waals surface area contributed by atoms with Gasteiger partial charge < -0.3 is 5.73 Å². The lowest BCUT2D eigenvalue weighted by Gasteiger charge is -2.00. The lowest BCUT2D eigenvalue weighted by atomic mass is 10.1. The van der Waals surface area contributed by atoms with Crippen molar-refractivity contribution in [1.29, 1.82) is 0 Å². The van der Waals surface area contributed by atoms with E-state index in [1.165, 1.54) is 0 Å². The van der Waals surface area contributed by atoms with Gasteiger partial charge in [0.25, 0.3) is 0 Å². The predicted octanol–water partition coefficient (Wildman–Crippen LogP) is 2.07. The minimum atomic E-state index is 0.388. The lowest BCUT2D eigenvalue weighted by Crippen LogP contribution is -2.10. The van der Waals surface area contributed by atoms with Crippen molar-refractivity contribution in [2.45, 2.75) is 0 Å².